The van der Waals surface area contributed by atoms with Gasteiger partial charge in [-0.05, 0) is 30.7 Å². The highest BCUT2D eigenvalue weighted by Gasteiger charge is 2.24. The Balaban J connectivity index is 1.99. The summed E-state index contributed by atoms with van der Waals surface area (Å²) in [5.74, 6) is -0.721. The van der Waals surface area contributed by atoms with E-state index in [0.29, 0.717) is 29.1 Å². The van der Waals surface area contributed by atoms with Crippen molar-refractivity contribution in [2.45, 2.75) is 19.4 Å². The van der Waals surface area contributed by atoms with Crippen LogP contribution in [-0.4, -0.2) is 46.6 Å². The van der Waals surface area contributed by atoms with E-state index in [-0.39, 0.29) is 17.6 Å². The summed E-state index contributed by atoms with van der Waals surface area (Å²) in [6.07, 6.45) is 4.90. The number of nitrogens with zero attached hydrogens (tertiary/aromatic N) is 2. The van der Waals surface area contributed by atoms with Crippen molar-refractivity contribution in [3.8, 4) is 17.0 Å². The number of aromatic carboxylic acids is 1. The Kier molecular flexibility index (Phi) is 5.02. The second kappa shape index (κ2) is 7.39. The van der Waals surface area contributed by atoms with Crippen LogP contribution in [0.25, 0.3) is 11.3 Å². The molecule has 1 aliphatic heterocycles. The fourth-order valence-electron chi connectivity index (χ4n) is 3.06. The summed E-state index contributed by atoms with van der Waals surface area (Å²) in [4.78, 5) is 30.1. The molecule has 0 bridgehead atoms. The fourth-order valence-corrected chi connectivity index (χ4v) is 3.06. The molecule has 1 unspecified atom stereocenters. The third-order valence-corrected chi connectivity index (χ3v) is 4.42. The molecule has 0 radical (unpaired) electrons. The largest absolute Gasteiger partial charge is 0.494 e. The molecule has 0 fully saturated rings. The van der Waals surface area contributed by atoms with Crippen LogP contribution in [0.4, 0.5) is 0 Å². The van der Waals surface area contributed by atoms with E-state index in [9.17, 15) is 14.7 Å². The maximum atomic E-state index is 12.9. The third kappa shape index (κ3) is 3.31. The predicted molar refractivity (Wildman–Crippen MR) is 97.4 cm³/mol. The van der Waals surface area contributed by atoms with Crippen LogP contribution in [0.1, 0.15) is 34.2 Å². The normalized spacial score (nSPS) is 15.9. The summed E-state index contributed by atoms with van der Waals surface area (Å²) < 4.78 is 5.31. The van der Waals surface area contributed by atoms with Crippen molar-refractivity contribution in [2.75, 3.05) is 13.7 Å². The Morgan fingerprint density at radius 1 is 1.31 bits per heavy atom. The number of hydrogen-bond acceptors (Lipinski definition) is 4. The lowest BCUT2D eigenvalue weighted by atomic mass is 10.0. The average Bonchev–Trinajstić information content (AvgIpc) is 3.15. The first-order chi connectivity index (χ1) is 12.5. The standard InChI is InChI=1S/C20H20N2O4/c1-3-15-8-5-11-22(15)19(23)14-7-4-6-13(12-14)18-17(26-2)10-9-16(21-18)20(24)25/h4-10,12,15H,3,11H2,1-2H3,(H,24,25). The second-order valence-corrected chi connectivity index (χ2v) is 5.99. The van der Waals surface area contributed by atoms with Crippen LogP contribution >= 0.6 is 0 Å². The molecular weight excluding hydrogens is 332 g/mol. The number of hydrogen-bond donors (Lipinski definition) is 1. The minimum atomic E-state index is -1.12. The molecule has 134 valence electrons. The molecule has 1 atom stereocenters. The highest BCUT2D eigenvalue weighted by Crippen LogP contribution is 2.29. The minimum Gasteiger partial charge on any atom is -0.494 e. The van der Waals surface area contributed by atoms with Gasteiger partial charge in [-0.2, -0.15) is 0 Å². The zero-order chi connectivity index (χ0) is 18.7. The van der Waals surface area contributed by atoms with Crippen molar-refractivity contribution in [1.82, 2.24) is 9.88 Å². The van der Waals surface area contributed by atoms with Gasteiger partial charge in [-0.1, -0.05) is 31.2 Å². The first kappa shape index (κ1) is 17.7. The smallest absolute Gasteiger partial charge is 0.354 e. The second-order valence-electron chi connectivity index (χ2n) is 5.99. The van der Waals surface area contributed by atoms with E-state index in [0.717, 1.165) is 6.42 Å². The Labute approximate surface area is 151 Å². The summed E-state index contributed by atoms with van der Waals surface area (Å²) >= 11 is 0. The molecule has 1 aliphatic rings. The van der Waals surface area contributed by atoms with E-state index >= 15 is 0 Å². The first-order valence-corrected chi connectivity index (χ1v) is 8.41. The van der Waals surface area contributed by atoms with Gasteiger partial charge in [0.15, 0.2) is 0 Å². The molecule has 1 aromatic carbocycles. The van der Waals surface area contributed by atoms with Crippen LogP contribution < -0.4 is 4.74 Å². The number of carbonyl (C=O) groups is 2. The third-order valence-electron chi connectivity index (χ3n) is 4.42. The average molecular weight is 352 g/mol. The number of aromatic nitrogens is 1. The van der Waals surface area contributed by atoms with Crippen molar-refractivity contribution in [2.24, 2.45) is 0 Å². The molecule has 3 rings (SSSR count). The highest BCUT2D eigenvalue weighted by molar-refractivity contribution is 5.96. The van der Waals surface area contributed by atoms with Gasteiger partial charge in [-0.25, -0.2) is 9.78 Å². The molecule has 0 saturated carbocycles. The Bertz CT molecular complexity index is 876. The van der Waals surface area contributed by atoms with Gasteiger partial charge in [0.05, 0.1) is 13.2 Å². The summed E-state index contributed by atoms with van der Waals surface area (Å²) in [5.41, 5.74) is 1.49. The molecule has 0 aliphatic carbocycles. The van der Waals surface area contributed by atoms with Crippen LogP contribution in [0, 0.1) is 0 Å². The van der Waals surface area contributed by atoms with Crippen LogP contribution in [0.5, 0.6) is 5.75 Å². The number of carboxylic acid groups (broad SMARTS) is 1. The number of ether oxygens (including phenoxy) is 1. The Morgan fingerprint density at radius 2 is 2.12 bits per heavy atom. The molecule has 1 N–H and O–H groups in total. The van der Waals surface area contributed by atoms with Gasteiger partial charge in [0.1, 0.15) is 17.1 Å². The number of carboxylic acids is 1. The number of amides is 1. The zero-order valence-electron chi connectivity index (χ0n) is 14.7. The highest BCUT2D eigenvalue weighted by atomic mass is 16.5. The van der Waals surface area contributed by atoms with E-state index < -0.39 is 5.97 Å². The van der Waals surface area contributed by atoms with Gasteiger partial charge in [0, 0.05) is 17.7 Å². The quantitative estimate of drug-likeness (QED) is 0.836. The Hall–Kier alpha value is -3.15. The molecule has 1 amide bonds. The molecular formula is C20H20N2O4. The van der Waals surface area contributed by atoms with Crippen LogP contribution in [0.15, 0.2) is 48.6 Å². The van der Waals surface area contributed by atoms with Gasteiger partial charge >= 0.3 is 5.97 Å². The lowest BCUT2D eigenvalue weighted by molar-refractivity contribution is 0.0689. The van der Waals surface area contributed by atoms with Gasteiger partial charge in [0.25, 0.3) is 5.91 Å². The summed E-state index contributed by atoms with van der Waals surface area (Å²) in [5, 5.41) is 9.19. The van der Waals surface area contributed by atoms with E-state index in [1.807, 2.05) is 24.0 Å². The van der Waals surface area contributed by atoms with Gasteiger partial charge in [0.2, 0.25) is 0 Å². The van der Waals surface area contributed by atoms with Gasteiger partial charge in [-0.3, -0.25) is 4.79 Å². The lowest BCUT2D eigenvalue weighted by Crippen LogP contribution is -2.35. The zero-order valence-corrected chi connectivity index (χ0v) is 14.7. The number of benzene rings is 1. The minimum absolute atomic E-state index is 0.0583. The van der Waals surface area contributed by atoms with Crippen LogP contribution in [0.2, 0.25) is 0 Å². The van der Waals surface area contributed by atoms with Crippen LogP contribution in [-0.2, 0) is 0 Å². The SMILES string of the molecule is CCC1C=CCN1C(=O)c1cccc(-c2nc(C(=O)O)ccc2OC)c1. The molecule has 2 heterocycles. The van der Waals surface area contributed by atoms with Crippen molar-refractivity contribution in [3.05, 3.63) is 59.8 Å². The molecule has 2 aromatic rings. The van der Waals surface area contributed by atoms with Crippen molar-refractivity contribution in [1.29, 1.82) is 0 Å². The van der Waals surface area contributed by atoms with Crippen LogP contribution in [0.3, 0.4) is 0 Å². The lowest BCUT2D eigenvalue weighted by Gasteiger charge is -2.23. The maximum Gasteiger partial charge on any atom is 0.354 e. The predicted octanol–water partition coefficient (Wildman–Crippen LogP) is 3.25. The molecule has 26 heavy (non-hydrogen) atoms. The monoisotopic (exact) mass is 352 g/mol. The fraction of sp³-hybridized carbons (Fsp3) is 0.250. The summed E-state index contributed by atoms with van der Waals surface area (Å²) in [6.45, 7) is 2.64. The molecule has 6 heteroatoms. The number of pyridine rings is 1. The number of carbonyl (C=O) groups excluding carboxylic acids is 1. The number of methoxy groups -OCH3 is 1. The van der Waals surface area contributed by atoms with E-state index in [2.05, 4.69) is 4.98 Å². The van der Waals surface area contributed by atoms with Gasteiger partial charge in [-0.15, -0.1) is 0 Å². The maximum absolute atomic E-state index is 12.9. The molecule has 0 spiro atoms. The topological polar surface area (TPSA) is 79.7 Å². The van der Waals surface area contributed by atoms with E-state index in [1.54, 1.807) is 30.3 Å². The molecule has 0 saturated heterocycles. The molecule has 1 aromatic heterocycles. The van der Waals surface area contributed by atoms with Crippen molar-refractivity contribution >= 4 is 11.9 Å². The van der Waals surface area contributed by atoms with Crippen molar-refractivity contribution in [3.63, 3.8) is 0 Å². The summed E-state index contributed by atoms with van der Waals surface area (Å²) in [6, 6.07) is 10.1. The summed E-state index contributed by atoms with van der Waals surface area (Å²) in [7, 11) is 1.50. The first-order valence-electron chi connectivity index (χ1n) is 8.41. The van der Waals surface area contributed by atoms with E-state index in [4.69, 9.17) is 4.74 Å². The van der Waals surface area contributed by atoms with Crippen molar-refractivity contribution < 1.29 is 19.4 Å². The molecule has 6 nitrogen and oxygen atoms in total. The van der Waals surface area contributed by atoms with E-state index in [1.165, 1.54) is 13.2 Å². The van der Waals surface area contributed by atoms with Gasteiger partial charge < -0.3 is 14.7 Å². The Morgan fingerprint density at radius 3 is 2.81 bits per heavy atom. The number of rotatable bonds is 5.